The summed E-state index contributed by atoms with van der Waals surface area (Å²) in [4.78, 5) is 4.71. The first kappa shape index (κ1) is 12.6. The maximum absolute atomic E-state index is 4.71. The molecule has 5 nitrogen and oxygen atoms in total. The minimum absolute atomic E-state index is 0.923. The zero-order valence-electron chi connectivity index (χ0n) is 11.8. The van der Waals surface area contributed by atoms with Crippen LogP contribution in [0.25, 0.3) is 11.6 Å². The topological polar surface area (TPSA) is 30.5 Å². The Hall–Kier alpha value is -2.43. The normalized spacial score (nSPS) is 10.9. The number of imidazole rings is 2. The quantitative estimate of drug-likeness (QED) is 0.656. The van der Waals surface area contributed by atoms with Crippen LogP contribution in [0.3, 0.4) is 0 Å². The van der Waals surface area contributed by atoms with Crippen molar-refractivity contribution >= 4 is 0 Å². The Labute approximate surface area is 118 Å². The molecule has 0 aliphatic heterocycles. The Balaban J connectivity index is 1.96. The summed E-state index contributed by atoms with van der Waals surface area (Å²) in [5, 5.41) is 0. The van der Waals surface area contributed by atoms with Crippen LogP contribution in [-0.2, 0) is 13.1 Å². The molecule has 0 fully saturated rings. The average molecular weight is 269 g/mol. The number of hydrogen-bond donors (Lipinski definition) is 0. The Morgan fingerprint density at radius 1 is 0.900 bits per heavy atom. The summed E-state index contributed by atoms with van der Waals surface area (Å²) in [6.45, 7) is 6.16. The number of aryl methyl sites for hydroxylation is 2. The van der Waals surface area contributed by atoms with Crippen LogP contribution < -0.4 is 9.13 Å². The van der Waals surface area contributed by atoms with Gasteiger partial charge in [0, 0.05) is 12.1 Å². The van der Waals surface area contributed by atoms with Gasteiger partial charge in [-0.25, -0.2) is 9.13 Å². The second-order valence-electron chi connectivity index (χ2n) is 4.66. The van der Waals surface area contributed by atoms with Gasteiger partial charge in [0.15, 0.2) is 0 Å². The zero-order valence-corrected chi connectivity index (χ0v) is 11.8. The molecular weight excluding hydrogens is 250 g/mol. The lowest BCUT2D eigenvalue weighted by Gasteiger charge is -1.97. The van der Waals surface area contributed by atoms with Gasteiger partial charge in [-0.1, -0.05) is 6.07 Å². The molecule has 0 N–H and O–H groups in total. The minimum atomic E-state index is 0.923. The predicted molar refractivity (Wildman–Crippen MR) is 74.6 cm³/mol. The summed E-state index contributed by atoms with van der Waals surface area (Å²) >= 11 is 0. The first-order chi connectivity index (χ1) is 9.80. The third-order valence-corrected chi connectivity index (χ3v) is 3.36. The highest BCUT2D eigenvalue weighted by Crippen LogP contribution is 2.08. The molecule has 3 aromatic heterocycles. The highest BCUT2D eigenvalue weighted by molar-refractivity contribution is 5.31. The van der Waals surface area contributed by atoms with Crippen LogP contribution in [-0.4, -0.2) is 14.1 Å². The first-order valence-electron chi connectivity index (χ1n) is 6.92. The smallest absolute Gasteiger partial charge is 0.237 e. The van der Waals surface area contributed by atoms with Crippen LogP contribution in [0.5, 0.6) is 0 Å². The van der Waals surface area contributed by atoms with Crippen molar-refractivity contribution in [2.24, 2.45) is 0 Å². The predicted octanol–water partition coefficient (Wildman–Crippen LogP) is 1.28. The van der Waals surface area contributed by atoms with Gasteiger partial charge in [0.1, 0.15) is 24.8 Å². The molecule has 0 saturated carbocycles. The average Bonchev–Trinajstić information content (AvgIpc) is 3.16. The summed E-state index contributed by atoms with van der Waals surface area (Å²) < 4.78 is 8.30. The van der Waals surface area contributed by atoms with Crippen molar-refractivity contribution in [3.8, 4) is 11.6 Å². The standard InChI is InChI=1S/C15H19N5/c1-3-17-8-10-19(12-17)14-6-5-7-15(16-14)20-11-9-18(4-2)13-20/h5-13H,3-4H2,1-2H3/q+2. The molecule has 0 radical (unpaired) electrons. The van der Waals surface area contributed by atoms with E-state index in [2.05, 4.69) is 35.4 Å². The summed E-state index contributed by atoms with van der Waals surface area (Å²) in [5.74, 6) is 1.85. The van der Waals surface area contributed by atoms with E-state index in [0.717, 1.165) is 24.7 Å². The molecule has 0 amide bonds. The van der Waals surface area contributed by atoms with E-state index in [9.17, 15) is 0 Å². The van der Waals surface area contributed by atoms with Crippen LogP contribution >= 0.6 is 0 Å². The second kappa shape index (κ2) is 5.28. The van der Waals surface area contributed by atoms with E-state index in [0.29, 0.717) is 0 Å². The van der Waals surface area contributed by atoms with Crippen molar-refractivity contribution < 1.29 is 9.13 Å². The summed E-state index contributed by atoms with van der Waals surface area (Å²) in [6, 6.07) is 6.06. The molecule has 3 rings (SSSR count). The molecule has 3 heterocycles. The van der Waals surface area contributed by atoms with E-state index in [4.69, 9.17) is 4.98 Å². The Morgan fingerprint density at radius 2 is 1.40 bits per heavy atom. The van der Waals surface area contributed by atoms with Crippen molar-refractivity contribution in [1.29, 1.82) is 0 Å². The SMILES string of the molecule is CC[n+]1ccn(-c2cccc(-n3cc[n+](CC)c3)n2)c1. The third-order valence-electron chi connectivity index (χ3n) is 3.36. The van der Waals surface area contributed by atoms with Crippen molar-refractivity contribution in [1.82, 2.24) is 14.1 Å². The first-order valence-corrected chi connectivity index (χ1v) is 6.92. The number of pyridine rings is 1. The van der Waals surface area contributed by atoms with Crippen molar-refractivity contribution in [2.75, 3.05) is 0 Å². The largest absolute Gasteiger partial charge is 0.250 e. The molecule has 0 bridgehead atoms. The maximum Gasteiger partial charge on any atom is 0.250 e. The Kier molecular flexibility index (Phi) is 3.33. The van der Waals surface area contributed by atoms with E-state index in [1.165, 1.54) is 0 Å². The minimum Gasteiger partial charge on any atom is -0.237 e. The van der Waals surface area contributed by atoms with Gasteiger partial charge in [0.05, 0.1) is 13.1 Å². The molecule has 0 saturated heterocycles. The molecule has 0 aromatic carbocycles. The molecule has 0 spiro atoms. The molecule has 5 heteroatoms. The van der Waals surface area contributed by atoms with Crippen molar-refractivity contribution in [3.63, 3.8) is 0 Å². The van der Waals surface area contributed by atoms with Gasteiger partial charge in [0.25, 0.3) is 0 Å². The summed E-state index contributed by atoms with van der Waals surface area (Å²) in [6.07, 6.45) is 12.3. The lowest BCUT2D eigenvalue weighted by molar-refractivity contribution is -0.692. The number of aromatic nitrogens is 5. The zero-order chi connectivity index (χ0) is 13.9. The fraction of sp³-hybridized carbons (Fsp3) is 0.267. The lowest BCUT2D eigenvalue weighted by atomic mass is 10.4. The van der Waals surface area contributed by atoms with Gasteiger partial charge < -0.3 is 0 Å². The van der Waals surface area contributed by atoms with Crippen LogP contribution in [0.2, 0.25) is 0 Å². The van der Waals surface area contributed by atoms with Gasteiger partial charge in [-0.3, -0.25) is 0 Å². The fourth-order valence-corrected chi connectivity index (χ4v) is 2.13. The van der Waals surface area contributed by atoms with Crippen molar-refractivity contribution in [2.45, 2.75) is 26.9 Å². The highest BCUT2D eigenvalue weighted by Gasteiger charge is 2.11. The van der Waals surface area contributed by atoms with E-state index < -0.39 is 0 Å². The molecule has 102 valence electrons. The molecule has 3 aromatic rings. The summed E-state index contributed by atoms with van der Waals surface area (Å²) in [5.41, 5.74) is 0. The van der Waals surface area contributed by atoms with Gasteiger partial charge >= 0.3 is 0 Å². The molecule has 20 heavy (non-hydrogen) atoms. The molecule has 0 unspecified atom stereocenters. The van der Waals surface area contributed by atoms with E-state index in [1.807, 2.05) is 52.4 Å². The number of hydrogen-bond acceptors (Lipinski definition) is 1. The number of nitrogens with zero attached hydrogens (tertiary/aromatic N) is 5. The van der Waals surface area contributed by atoms with E-state index in [-0.39, 0.29) is 0 Å². The number of rotatable bonds is 4. The van der Waals surface area contributed by atoms with Crippen LogP contribution in [0, 0.1) is 0 Å². The Morgan fingerprint density at radius 3 is 1.80 bits per heavy atom. The molecule has 0 aliphatic carbocycles. The van der Waals surface area contributed by atoms with Gasteiger partial charge in [0.2, 0.25) is 24.3 Å². The molecule has 0 aliphatic rings. The monoisotopic (exact) mass is 269 g/mol. The lowest BCUT2D eigenvalue weighted by Crippen LogP contribution is -2.29. The van der Waals surface area contributed by atoms with E-state index in [1.54, 1.807) is 0 Å². The van der Waals surface area contributed by atoms with Crippen molar-refractivity contribution in [3.05, 3.63) is 55.6 Å². The van der Waals surface area contributed by atoms with Gasteiger partial charge in [-0.05, 0) is 13.8 Å². The van der Waals surface area contributed by atoms with E-state index >= 15 is 0 Å². The van der Waals surface area contributed by atoms with Gasteiger partial charge in [-0.15, -0.1) is 0 Å². The van der Waals surface area contributed by atoms with Crippen LogP contribution in [0.1, 0.15) is 13.8 Å². The van der Waals surface area contributed by atoms with Crippen LogP contribution in [0.15, 0.2) is 55.6 Å². The second-order valence-corrected chi connectivity index (χ2v) is 4.66. The molecule has 0 atom stereocenters. The Bertz CT molecular complexity index is 653. The fourth-order valence-electron chi connectivity index (χ4n) is 2.13. The van der Waals surface area contributed by atoms with Crippen LogP contribution in [0.4, 0.5) is 0 Å². The third kappa shape index (κ3) is 2.34. The van der Waals surface area contributed by atoms with Gasteiger partial charge in [-0.2, -0.15) is 14.1 Å². The maximum atomic E-state index is 4.71. The highest BCUT2D eigenvalue weighted by atomic mass is 15.2. The summed E-state index contributed by atoms with van der Waals surface area (Å²) in [7, 11) is 0. The molecular formula is C15H19N5+2.